The summed E-state index contributed by atoms with van der Waals surface area (Å²) in [6.45, 7) is 5.33. The number of thiazole rings is 1. The maximum Gasteiger partial charge on any atom is 0.357 e. The van der Waals surface area contributed by atoms with Crippen LogP contribution in [0.25, 0.3) is 0 Å². The number of nitrogens with one attached hydrogen (secondary N) is 2. The van der Waals surface area contributed by atoms with Gasteiger partial charge in [0, 0.05) is 16.0 Å². The summed E-state index contributed by atoms with van der Waals surface area (Å²) >= 11 is 4.12. The van der Waals surface area contributed by atoms with Crippen LogP contribution in [0.2, 0.25) is 0 Å². The second-order valence-electron chi connectivity index (χ2n) is 14.1. The van der Waals surface area contributed by atoms with Crippen molar-refractivity contribution in [1.29, 1.82) is 0 Å². The molecule has 2 aliphatic heterocycles. The number of esters is 1. The quantitative estimate of drug-likeness (QED) is 0.0402. The van der Waals surface area contributed by atoms with Crippen molar-refractivity contribution in [2.75, 3.05) is 25.3 Å². The van der Waals surface area contributed by atoms with Gasteiger partial charge in [-0.25, -0.2) is 9.78 Å². The normalized spacial score (nSPS) is 17.0. The number of ether oxygens (including phenoxy) is 2. The number of aromatic nitrogens is 1. The van der Waals surface area contributed by atoms with Gasteiger partial charge in [0.25, 0.3) is 11.8 Å². The number of carbonyl (C=O) groups is 3. The molecule has 3 heterocycles. The largest absolute Gasteiger partial charge is 0.497 e. The SMILES string of the molecule is CON=C(C(=O)NC1C(=O)N2C(C(=O)OC(C)(C)C)=C(Sc3ccc(OC)cc3)SCC12)c1csc(NC(c2ccccc2)(c2ccccc2)c2ccccc2)n1. The number of hydrogen-bond acceptors (Lipinski definition) is 12. The molecule has 2 aliphatic rings. The number of thioether (sulfide) groups is 2. The van der Waals surface area contributed by atoms with Crippen molar-refractivity contribution in [2.24, 2.45) is 5.16 Å². The van der Waals surface area contributed by atoms with E-state index in [4.69, 9.17) is 19.3 Å². The fourth-order valence-electron chi connectivity index (χ4n) is 6.70. The van der Waals surface area contributed by atoms with E-state index in [9.17, 15) is 14.4 Å². The number of nitrogens with zero attached hydrogens (tertiary/aromatic N) is 3. The molecule has 4 aromatic carbocycles. The van der Waals surface area contributed by atoms with Gasteiger partial charge in [0.2, 0.25) is 0 Å². The molecule has 0 aliphatic carbocycles. The van der Waals surface area contributed by atoms with E-state index >= 15 is 0 Å². The Kier molecular flexibility index (Phi) is 11.7. The van der Waals surface area contributed by atoms with Crippen molar-refractivity contribution in [1.82, 2.24) is 15.2 Å². The van der Waals surface area contributed by atoms with Gasteiger partial charge < -0.3 is 24.9 Å². The Hall–Kier alpha value is -5.57. The highest BCUT2D eigenvalue weighted by molar-refractivity contribution is 8.22. The first-order valence-electron chi connectivity index (χ1n) is 18.1. The molecule has 14 heteroatoms. The number of hydrogen-bond donors (Lipinski definition) is 2. The van der Waals surface area contributed by atoms with Crippen LogP contribution in [0.3, 0.4) is 0 Å². The Balaban J connectivity index is 1.15. The molecule has 0 saturated carbocycles. The number of benzene rings is 4. The average Bonchev–Trinajstić information content (AvgIpc) is 3.69. The van der Waals surface area contributed by atoms with Crippen molar-refractivity contribution in [3.63, 3.8) is 0 Å². The van der Waals surface area contributed by atoms with E-state index in [0.717, 1.165) is 21.6 Å². The molecule has 2 amide bonds. The van der Waals surface area contributed by atoms with Gasteiger partial charge in [0.05, 0.1) is 17.4 Å². The molecule has 2 unspecified atom stereocenters. The Labute approximate surface area is 343 Å². The lowest BCUT2D eigenvalue weighted by molar-refractivity contribution is -0.160. The summed E-state index contributed by atoms with van der Waals surface area (Å²) < 4.78 is 11.7. The number of anilines is 1. The van der Waals surface area contributed by atoms with Gasteiger partial charge in [-0.1, -0.05) is 108 Å². The molecule has 57 heavy (non-hydrogen) atoms. The van der Waals surface area contributed by atoms with Crippen LogP contribution < -0.4 is 15.4 Å². The predicted octanol–water partition coefficient (Wildman–Crippen LogP) is 7.65. The van der Waals surface area contributed by atoms with Gasteiger partial charge in [-0.3, -0.25) is 14.5 Å². The van der Waals surface area contributed by atoms with Gasteiger partial charge in [-0.05, 0) is 61.7 Å². The zero-order chi connectivity index (χ0) is 40.2. The van der Waals surface area contributed by atoms with E-state index < -0.39 is 41.0 Å². The first-order valence-corrected chi connectivity index (χ1v) is 20.8. The number of oxime groups is 1. The summed E-state index contributed by atoms with van der Waals surface area (Å²) in [5.41, 5.74) is 1.66. The van der Waals surface area contributed by atoms with Crippen LogP contribution in [-0.4, -0.2) is 71.0 Å². The zero-order valence-electron chi connectivity index (χ0n) is 31.9. The Morgan fingerprint density at radius 2 is 1.44 bits per heavy atom. The number of amides is 2. The van der Waals surface area contributed by atoms with Gasteiger partial charge in [-0.15, -0.1) is 23.1 Å². The maximum absolute atomic E-state index is 14.0. The summed E-state index contributed by atoms with van der Waals surface area (Å²) in [6.07, 6.45) is 0. The zero-order valence-corrected chi connectivity index (χ0v) is 34.4. The van der Waals surface area contributed by atoms with E-state index in [2.05, 4.69) is 52.2 Å². The van der Waals surface area contributed by atoms with Crippen molar-refractivity contribution in [2.45, 2.75) is 48.9 Å². The Morgan fingerprint density at radius 3 is 1.96 bits per heavy atom. The van der Waals surface area contributed by atoms with Crippen LogP contribution in [0, 0.1) is 0 Å². The lowest BCUT2D eigenvalue weighted by atomic mass is 9.77. The van der Waals surface area contributed by atoms with Crippen LogP contribution >= 0.6 is 34.9 Å². The number of fused-ring (bicyclic) bond motifs is 1. The molecule has 1 aromatic heterocycles. The average molecular weight is 820 g/mol. The molecule has 7 rings (SSSR count). The first kappa shape index (κ1) is 39.7. The maximum atomic E-state index is 14.0. The Morgan fingerprint density at radius 1 is 0.860 bits per heavy atom. The molecule has 1 fully saturated rings. The minimum absolute atomic E-state index is 0.0973. The first-order chi connectivity index (χ1) is 27.5. The fourth-order valence-corrected chi connectivity index (χ4v) is 9.93. The monoisotopic (exact) mass is 819 g/mol. The van der Waals surface area contributed by atoms with E-state index in [-0.39, 0.29) is 17.1 Å². The molecule has 5 aromatic rings. The molecule has 0 bridgehead atoms. The molecule has 292 valence electrons. The van der Waals surface area contributed by atoms with Gasteiger partial charge in [0.1, 0.15) is 35.7 Å². The highest BCUT2D eigenvalue weighted by Gasteiger charge is 2.55. The van der Waals surface area contributed by atoms with E-state index in [1.54, 1.807) is 33.3 Å². The van der Waals surface area contributed by atoms with Crippen LogP contribution in [0.5, 0.6) is 5.75 Å². The summed E-state index contributed by atoms with van der Waals surface area (Å²) in [5, 5.41) is 12.9. The van der Waals surface area contributed by atoms with E-state index in [1.165, 1.54) is 46.9 Å². The number of β-lactam (4-membered cyclic amide) rings is 1. The van der Waals surface area contributed by atoms with Crippen molar-refractivity contribution in [3.05, 3.63) is 153 Å². The third-order valence-corrected chi connectivity index (χ3v) is 12.5. The van der Waals surface area contributed by atoms with Crippen molar-refractivity contribution in [3.8, 4) is 5.75 Å². The number of rotatable bonds is 13. The van der Waals surface area contributed by atoms with E-state index in [1.807, 2.05) is 78.9 Å². The smallest absolute Gasteiger partial charge is 0.357 e. The summed E-state index contributed by atoms with van der Waals surface area (Å²) in [6, 6.07) is 36.4. The molecule has 1 saturated heterocycles. The van der Waals surface area contributed by atoms with Gasteiger partial charge >= 0.3 is 5.97 Å². The molecule has 2 atom stereocenters. The summed E-state index contributed by atoms with van der Waals surface area (Å²) in [4.78, 5) is 53.9. The highest BCUT2D eigenvalue weighted by Crippen LogP contribution is 2.47. The molecule has 0 spiro atoms. The lowest BCUT2D eigenvalue weighted by Gasteiger charge is -2.50. The van der Waals surface area contributed by atoms with Crippen molar-refractivity contribution >= 4 is 63.5 Å². The minimum atomic E-state index is -0.921. The van der Waals surface area contributed by atoms with E-state index in [0.29, 0.717) is 20.9 Å². The molecule has 2 N–H and O–H groups in total. The molecular formula is C43H41N5O6S3. The summed E-state index contributed by atoms with van der Waals surface area (Å²) in [7, 11) is 2.94. The Bertz CT molecular complexity index is 2200. The number of carbonyl (C=O) groups excluding carboxylic acids is 3. The van der Waals surface area contributed by atoms with Crippen molar-refractivity contribution < 1.29 is 28.7 Å². The van der Waals surface area contributed by atoms with Crippen LogP contribution in [-0.2, 0) is 29.5 Å². The minimum Gasteiger partial charge on any atom is -0.497 e. The van der Waals surface area contributed by atoms with Gasteiger partial charge in [0.15, 0.2) is 16.5 Å². The molecular weight excluding hydrogens is 779 g/mol. The van der Waals surface area contributed by atoms with Gasteiger partial charge in [-0.2, -0.15) is 0 Å². The number of methoxy groups -OCH3 is 1. The summed E-state index contributed by atoms with van der Waals surface area (Å²) in [5.74, 6) is -0.550. The second kappa shape index (κ2) is 16.9. The molecule has 11 nitrogen and oxygen atoms in total. The standard InChI is InChI=1S/C43H41N5O6S3/c1-42(2,3)54-39(51)36-40(57-31-23-21-30(52-4)22-24-31)55-26-33-35(38(50)48(33)36)45-37(49)34(47-53-5)32-25-56-41(44-32)46-43(27-15-9-6-10-16-27,28-17-11-7-12-18-28)29-19-13-8-14-20-29/h6-25,33,35H,26H2,1-5H3,(H,44,46)(H,45,49). The fraction of sp³-hybridized carbons (Fsp3) is 0.233. The van der Waals surface area contributed by atoms with Crippen LogP contribution in [0.4, 0.5) is 5.13 Å². The third-order valence-electron chi connectivity index (χ3n) is 9.25. The van der Waals surface area contributed by atoms with Crippen LogP contribution in [0.15, 0.2) is 141 Å². The second-order valence-corrected chi connectivity index (χ2v) is 17.3. The highest BCUT2D eigenvalue weighted by atomic mass is 32.2. The molecule has 0 radical (unpaired) electrons. The lowest BCUT2D eigenvalue weighted by Crippen LogP contribution is -2.73. The third kappa shape index (κ3) is 8.29. The predicted molar refractivity (Wildman–Crippen MR) is 225 cm³/mol. The topological polar surface area (TPSA) is 131 Å². The van der Waals surface area contributed by atoms with Crippen LogP contribution in [0.1, 0.15) is 43.2 Å².